The van der Waals surface area contributed by atoms with Crippen molar-refractivity contribution >= 4 is 6.09 Å². The highest BCUT2D eigenvalue weighted by atomic mass is 16.6. The second-order valence-electron chi connectivity index (χ2n) is 7.14. The Morgan fingerprint density at radius 1 is 1.32 bits per heavy atom. The fourth-order valence-electron chi connectivity index (χ4n) is 2.76. The third-order valence-electron chi connectivity index (χ3n) is 4.06. The smallest absolute Gasteiger partial charge is 0.410 e. The van der Waals surface area contributed by atoms with Crippen LogP contribution in [0, 0.1) is 0 Å². The molecule has 0 aliphatic carbocycles. The van der Waals surface area contributed by atoms with E-state index < -0.39 is 5.60 Å². The second kappa shape index (κ2) is 7.93. The highest BCUT2D eigenvalue weighted by molar-refractivity contribution is 5.68. The highest BCUT2D eigenvalue weighted by Crippen LogP contribution is 2.27. The van der Waals surface area contributed by atoms with Crippen molar-refractivity contribution in [3.05, 3.63) is 23.8 Å². The van der Waals surface area contributed by atoms with Crippen molar-refractivity contribution in [1.29, 1.82) is 0 Å². The van der Waals surface area contributed by atoms with Gasteiger partial charge in [0.2, 0.25) is 0 Å². The zero-order chi connectivity index (χ0) is 18.6. The van der Waals surface area contributed by atoms with E-state index in [4.69, 9.17) is 14.2 Å². The number of hydrogen-bond donors (Lipinski definition) is 1. The van der Waals surface area contributed by atoms with Crippen LogP contribution in [0.5, 0.6) is 11.5 Å². The molecule has 1 N–H and O–H groups in total. The van der Waals surface area contributed by atoms with E-state index in [1.165, 1.54) is 5.06 Å². The van der Waals surface area contributed by atoms with E-state index in [9.17, 15) is 10.0 Å². The number of nitrogens with zero attached hydrogens (tertiary/aromatic N) is 2. The number of rotatable bonds is 5. The van der Waals surface area contributed by atoms with Gasteiger partial charge in [0, 0.05) is 24.7 Å². The molecule has 2 rings (SSSR count). The molecule has 0 saturated carbocycles. The van der Waals surface area contributed by atoms with Gasteiger partial charge in [0.1, 0.15) is 17.1 Å². The summed E-state index contributed by atoms with van der Waals surface area (Å²) in [4.78, 5) is 13.8. The molecule has 7 heteroatoms. The minimum absolute atomic E-state index is 0.140. The quantitative estimate of drug-likeness (QED) is 0.822. The van der Waals surface area contributed by atoms with E-state index in [0.29, 0.717) is 37.6 Å². The molecule has 25 heavy (non-hydrogen) atoms. The summed E-state index contributed by atoms with van der Waals surface area (Å²) in [6.45, 7) is 6.83. The van der Waals surface area contributed by atoms with Crippen molar-refractivity contribution in [3.8, 4) is 11.5 Å². The lowest BCUT2D eigenvalue weighted by Crippen LogP contribution is -2.39. The van der Waals surface area contributed by atoms with Gasteiger partial charge in [0.25, 0.3) is 0 Å². The van der Waals surface area contributed by atoms with Crippen LogP contribution >= 0.6 is 0 Å². The van der Waals surface area contributed by atoms with Gasteiger partial charge in [-0.1, -0.05) is 6.07 Å². The first-order chi connectivity index (χ1) is 11.7. The Kier molecular flexibility index (Phi) is 6.13. The molecular weight excluding hydrogens is 324 g/mol. The lowest BCUT2D eigenvalue weighted by atomic mass is 10.1. The Morgan fingerprint density at radius 3 is 2.64 bits per heavy atom. The molecule has 0 radical (unpaired) electrons. The highest BCUT2D eigenvalue weighted by Gasteiger charge is 2.32. The van der Waals surface area contributed by atoms with Crippen molar-refractivity contribution in [3.63, 3.8) is 0 Å². The van der Waals surface area contributed by atoms with Crippen LogP contribution in [0.25, 0.3) is 0 Å². The molecule has 0 bridgehead atoms. The Labute approximate surface area is 149 Å². The molecule has 1 aliphatic rings. The lowest BCUT2D eigenvalue weighted by molar-refractivity contribution is -0.131. The van der Waals surface area contributed by atoms with Crippen LogP contribution in [0.3, 0.4) is 0 Å². The van der Waals surface area contributed by atoms with Crippen LogP contribution in [0.4, 0.5) is 4.79 Å². The molecule has 0 unspecified atom stereocenters. The normalized spacial score (nSPS) is 17.7. The topological polar surface area (TPSA) is 71.5 Å². The molecule has 1 atom stereocenters. The van der Waals surface area contributed by atoms with Crippen molar-refractivity contribution in [2.45, 2.75) is 45.4 Å². The van der Waals surface area contributed by atoms with Gasteiger partial charge in [-0.25, -0.2) is 4.79 Å². The zero-order valence-electron chi connectivity index (χ0n) is 15.6. The second-order valence-corrected chi connectivity index (χ2v) is 7.14. The molecule has 140 valence electrons. The first-order valence-electron chi connectivity index (χ1n) is 8.38. The van der Waals surface area contributed by atoms with E-state index in [0.717, 1.165) is 5.56 Å². The minimum Gasteiger partial charge on any atom is -0.497 e. The standard InChI is InChI=1S/C18H28N2O5/c1-18(2,3)25-17(21)19-9-8-14(12-19)20(22)11-13-6-7-15(23-4)10-16(13)24-5/h6-7,10,14,22H,8-9,11-12H2,1-5H3/t14-/m0/s1. The zero-order valence-corrected chi connectivity index (χ0v) is 15.6. The van der Waals surface area contributed by atoms with Crippen LogP contribution in [-0.4, -0.2) is 60.2 Å². The third-order valence-corrected chi connectivity index (χ3v) is 4.06. The first kappa shape index (κ1) is 19.3. The number of benzene rings is 1. The van der Waals surface area contributed by atoms with Crippen molar-refractivity contribution < 1.29 is 24.2 Å². The fraction of sp³-hybridized carbons (Fsp3) is 0.611. The molecule has 1 fully saturated rings. The Morgan fingerprint density at radius 2 is 2.04 bits per heavy atom. The number of hydrogen-bond acceptors (Lipinski definition) is 6. The van der Waals surface area contributed by atoms with Gasteiger partial charge in [-0.3, -0.25) is 0 Å². The number of hydroxylamine groups is 2. The summed E-state index contributed by atoms with van der Waals surface area (Å²) in [5, 5.41) is 11.7. The van der Waals surface area contributed by atoms with Crippen LogP contribution < -0.4 is 9.47 Å². The average Bonchev–Trinajstić information content (AvgIpc) is 3.04. The monoisotopic (exact) mass is 352 g/mol. The van der Waals surface area contributed by atoms with Gasteiger partial charge >= 0.3 is 6.09 Å². The molecule has 1 aliphatic heterocycles. The van der Waals surface area contributed by atoms with Gasteiger partial charge in [0.05, 0.1) is 26.8 Å². The van der Waals surface area contributed by atoms with E-state index >= 15 is 0 Å². The van der Waals surface area contributed by atoms with E-state index in [-0.39, 0.29) is 12.1 Å². The van der Waals surface area contributed by atoms with E-state index in [1.807, 2.05) is 32.9 Å². The average molecular weight is 352 g/mol. The largest absolute Gasteiger partial charge is 0.497 e. The maximum atomic E-state index is 12.1. The maximum absolute atomic E-state index is 12.1. The van der Waals surface area contributed by atoms with Gasteiger partial charge in [0.15, 0.2) is 0 Å². The number of carbonyl (C=O) groups is 1. The lowest BCUT2D eigenvalue weighted by Gasteiger charge is -2.26. The number of methoxy groups -OCH3 is 2. The van der Waals surface area contributed by atoms with Crippen LogP contribution in [0.15, 0.2) is 18.2 Å². The van der Waals surface area contributed by atoms with Crippen LogP contribution in [0.1, 0.15) is 32.8 Å². The van der Waals surface area contributed by atoms with E-state index in [1.54, 1.807) is 25.2 Å². The summed E-state index contributed by atoms with van der Waals surface area (Å²) in [6, 6.07) is 5.33. The van der Waals surface area contributed by atoms with Gasteiger partial charge < -0.3 is 24.3 Å². The van der Waals surface area contributed by atoms with Gasteiger partial charge in [-0.15, -0.1) is 0 Å². The summed E-state index contributed by atoms with van der Waals surface area (Å²) < 4.78 is 15.9. The number of likely N-dealkylation sites (tertiary alicyclic amines) is 1. The molecular formula is C18H28N2O5. The molecule has 1 amide bonds. The molecule has 1 aromatic carbocycles. The van der Waals surface area contributed by atoms with Crippen LogP contribution in [0.2, 0.25) is 0 Å². The number of carbonyl (C=O) groups excluding carboxylic acids is 1. The van der Waals surface area contributed by atoms with Crippen molar-refractivity contribution in [1.82, 2.24) is 9.96 Å². The van der Waals surface area contributed by atoms with Crippen LogP contribution in [-0.2, 0) is 11.3 Å². The molecule has 0 spiro atoms. The first-order valence-corrected chi connectivity index (χ1v) is 8.38. The van der Waals surface area contributed by atoms with Gasteiger partial charge in [-0.05, 0) is 33.3 Å². The summed E-state index contributed by atoms with van der Waals surface area (Å²) in [6.07, 6.45) is 0.347. The van der Waals surface area contributed by atoms with Crippen molar-refractivity contribution in [2.75, 3.05) is 27.3 Å². The Balaban J connectivity index is 1.96. The van der Waals surface area contributed by atoms with E-state index in [2.05, 4.69) is 0 Å². The number of ether oxygens (including phenoxy) is 3. The summed E-state index contributed by atoms with van der Waals surface area (Å²) >= 11 is 0. The third kappa shape index (κ3) is 5.24. The summed E-state index contributed by atoms with van der Waals surface area (Å²) in [5.41, 5.74) is 0.325. The molecule has 0 aromatic heterocycles. The summed E-state index contributed by atoms with van der Waals surface area (Å²) in [5.74, 6) is 1.35. The maximum Gasteiger partial charge on any atom is 0.410 e. The molecule has 7 nitrogen and oxygen atoms in total. The fourth-order valence-corrected chi connectivity index (χ4v) is 2.76. The molecule has 1 heterocycles. The minimum atomic E-state index is -0.523. The molecule has 1 saturated heterocycles. The predicted octanol–water partition coefficient (Wildman–Crippen LogP) is 2.90. The molecule has 1 aromatic rings. The Hall–Kier alpha value is -1.99. The SMILES string of the molecule is COc1ccc(CN(O)[C@H]2CCN(C(=O)OC(C)(C)C)C2)c(OC)c1. The predicted molar refractivity (Wildman–Crippen MR) is 93.1 cm³/mol. The van der Waals surface area contributed by atoms with Crippen molar-refractivity contribution in [2.24, 2.45) is 0 Å². The summed E-state index contributed by atoms with van der Waals surface area (Å²) in [7, 11) is 3.18. The van der Waals surface area contributed by atoms with Gasteiger partial charge in [-0.2, -0.15) is 5.06 Å². The Bertz CT molecular complexity index is 600. The number of amides is 1.